The molecule has 5 aliphatic heterocycles. The topological polar surface area (TPSA) is 18.5 Å². The van der Waals surface area contributed by atoms with Gasteiger partial charge in [0.25, 0.3) is 0 Å². The lowest BCUT2D eigenvalue weighted by molar-refractivity contribution is -0.264. The van der Waals surface area contributed by atoms with E-state index in [9.17, 15) is 0 Å². The summed E-state index contributed by atoms with van der Waals surface area (Å²) in [6.45, 7) is 19.9. The molecule has 1 N–H and O–H groups in total. The van der Waals surface area contributed by atoms with E-state index in [4.69, 9.17) is 0 Å². The fraction of sp³-hybridized carbons (Fsp3) is 1.00. The zero-order valence-electron chi connectivity index (χ0n) is 14.8. The Hall–Kier alpha value is -0.120. The van der Waals surface area contributed by atoms with E-state index in [0.29, 0.717) is 16.5 Å². The van der Waals surface area contributed by atoms with E-state index in [-0.39, 0.29) is 11.1 Å². The van der Waals surface area contributed by atoms with Crippen LogP contribution in [0, 0.1) is 10.8 Å². The van der Waals surface area contributed by atoms with Crippen molar-refractivity contribution in [3.63, 3.8) is 0 Å². The molecule has 21 heavy (non-hydrogen) atoms. The Bertz CT molecular complexity index is 425. The van der Waals surface area contributed by atoms with Gasteiger partial charge in [-0.1, -0.05) is 13.8 Å². The molecule has 5 rings (SSSR count). The third kappa shape index (κ3) is 2.04. The van der Waals surface area contributed by atoms with Gasteiger partial charge in [0.1, 0.15) is 0 Å². The summed E-state index contributed by atoms with van der Waals surface area (Å²) in [4.78, 5) is 5.77. The standard InChI is InChI=1S/C18H33N3/c1-14(2)7-18(8-15(3,4)19-14)20-10-16(5)9-17(6,12-20)13-21(18)11-16/h19H,7-13H2,1-6H3. The van der Waals surface area contributed by atoms with Gasteiger partial charge in [0, 0.05) is 37.3 Å². The summed E-state index contributed by atoms with van der Waals surface area (Å²) in [6, 6.07) is 0. The summed E-state index contributed by atoms with van der Waals surface area (Å²) in [5.41, 5.74) is 1.79. The van der Waals surface area contributed by atoms with Crippen molar-refractivity contribution >= 4 is 0 Å². The van der Waals surface area contributed by atoms with Gasteiger partial charge in [-0.2, -0.15) is 0 Å². The largest absolute Gasteiger partial charge is 0.307 e. The van der Waals surface area contributed by atoms with Crippen LogP contribution in [0.5, 0.6) is 0 Å². The quantitative estimate of drug-likeness (QED) is 0.740. The SMILES string of the molecule is CC12CN3CC(C)(CN(C1)C31CC(C)(C)NC(C)(C)C1)C2. The summed E-state index contributed by atoms with van der Waals surface area (Å²) < 4.78 is 0. The van der Waals surface area contributed by atoms with Gasteiger partial charge in [0.2, 0.25) is 0 Å². The van der Waals surface area contributed by atoms with Gasteiger partial charge < -0.3 is 5.32 Å². The Balaban J connectivity index is 1.76. The molecule has 0 aromatic rings. The van der Waals surface area contributed by atoms with Crippen LogP contribution in [0.4, 0.5) is 0 Å². The lowest BCUT2D eigenvalue weighted by atomic mass is 9.59. The molecule has 0 unspecified atom stereocenters. The van der Waals surface area contributed by atoms with Crippen LogP contribution >= 0.6 is 0 Å². The lowest BCUT2D eigenvalue weighted by Gasteiger charge is -2.74. The van der Waals surface area contributed by atoms with E-state index in [1.165, 1.54) is 45.4 Å². The first-order valence-corrected chi connectivity index (χ1v) is 8.75. The van der Waals surface area contributed by atoms with Crippen LogP contribution in [0.25, 0.3) is 0 Å². The smallest absolute Gasteiger partial charge is 0.0773 e. The van der Waals surface area contributed by atoms with Gasteiger partial charge in [-0.25, -0.2) is 0 Å². The average Bonchev–Trinajstić information content (AvgIpc) is 2.18. The number of hydrogen-bond acceptors (Lipinski definition) is 3. The molecule has 5 saturated heterocycles. The molecule has 1 spiro atoms. The van der Waals surface area contributed by atoms with Crippen molar-refractivity contribution in [1.82, 2.24) is 15.1 Å². The van der Waals surface area contributed by atoms with Crippen molar-refractivity contribution in [2.24, 2.45) is 10.8 Å². The van der Waals surface area contributed by atoms with Crippen molar-refractivity contribution < 1.29 is 0 Å². The molecule has 0 aliphatic carbocycles. The molecule has 0 saturated carbocycles. The van der Waals surface area contributed by atoms with Crippen LogP contribution < -0.4 is 5.32 Å². The van der Waals surface area contributed by atoms with Crippen LogP contribution in [-0.4, -0.2) is 52.7 Å². The molecule has 5 fully saturated rings. The monoisotopic (exact) mass is 291 g/mol. The Morgan fingerprint density at radius 1 is 0.619 bits per heavy atom. The van der Waals surface area contributed by atoms with Crippen LogP contribution in [0.15, 0.2) is 0 Å². The van der Waals surface area contributed by atoms with Gasteiger partial charge in [0.15, 0.2) is 0 Å². The molecule has 3 nitrogen and oxygen atoms in total. The van der Waals surface area contributed by atoms with Crippen LogP contribution in [-0.2, 0) is 0 Å². The highest BCUT2D eigenvalue weighted by Gasteiger charge is 2.65. The second-order valence-electron chi connectivity index (χ2n) is 10.7. The van der Waals surface area contributed by atoms with Crippen molar-refractivity contribution in [3.8, 4) is 0 Å². The molecular weight excluding hydrogens is 258 g/mol. The summed E-state index contributed by atoms with van der Waals surface area (Å²) >= 11 is 0. The molecule has 0 aromatic heterocycles. The predicted octanol–water partition coefficient (Wildman–Crippen LogP) is 2.67. The number of piperidine rings is 3. The number of nitrogens with one attached hydrogen (secondary N) is 1. The number of rotatable bonds is 0. The van der Waals surface area contributed by atoms with E-state index in [2.05, 4.69) is 56.7 Å². The van der Waals surface area contributed by atoms with E-state index in [0.717, 1.165) is 0 Å². The van der Waals surface area contributed by atoms with Crippen molar-refractivity contribution in [1.29, 1.82) is 0 Å². The lowest BCUT2D eigenvalue weighted by Crippen LogP contribution is -2.84. The van der Waals surface area contributed by atoms with Crippen LogP contribution in [0.3, 0.4) is 0 Å². The van der Waals surface area contributed by atoms with Crippen molar-refractivity contribution in [2.75, 3.05) is 26.2 Å². The van der Waals surface area contributed by atoms with Gasteiger partial charge in [0.05, 0.1) is 5.66 Å². The highest BCUT2D eigenvalue weighted by molar-refractivity contribution is 5.18. The molecule has 0 amide bonds. The molecule has 5 heterocycles. The van der Waals surface area contributed by atoms with E-state index >= 15 is 0 Å². The maximum Gasteiger partial charge on any atom is 0.0773 e. The van der Waals surface area contributed by atoms with E-state index in [1.807, 2.05) is 0 Å². The summed E-state index contributed by atoms with van der Waals surface area (Å²) in [5, 5.41) is 3.88. The minimum Gasteiger partial charge on any atom is -0.307 e. The highest BCUT2D eigenvalue weighted by atomic mass is 15.5. The fourth-order valence-electron chi connectivity index (χ4n) is 7.03. The number of hydrogen-bond donors (Lipinski definition) is 1. The normalized spacial score (nSPS) is 52.3. The Labute approximate surface area is 130 Å². The Morgan fingerprint density at radius 2 is 1.00 bits per heavy atom. The van der Waals surface area contributed by atoms with Crippen molar-refractivity contribution in [2.45, 2.75) is 77.5 Å². The first kappa shape index (κ1) is 14.5. The minimum atomic E-state index is 0.221. The van der Waals surface area contributed by atoms with Gasteiger partial charge >= 0.3 is 0 Å². The molecule has 0 atom stereocenters. The minimum absolute atomic E-state index is 0.221. The summed E-state index contributed by atoms with van der Waals surface area (Å²) in [7, 11) is 0. The van der Waals surface area contributed by atoms with Crippen LogP contribution in [0.2, 0.25) is 0 Å². The highest BCUT2D eigenvalue weighted by Crippen LogP contribution is 2.57. The number of nitrogens with zero attached hydrogens (tertiary/aromatic N) is 2. The third-order valence-corrected chi connectivity index (χ3v) is 6.45. The zero-order chi connectivity index (χ0) is 15.3. The second kappa shape index (κ2) is 3.68. The zero-order valence-corrected chi connectivity index (χ0v) is 14.8. The Kier molecular flexibility index (Phi) is 2.54. The van der Waals surface area contributed by atoms with Gasteiger partial charge in [-0.3, -0.25) is 9.80 Å². The first-order valence-electron chi connectivity index (χ1n) is 8.75. The molecule has 4 bridgehead atoms. The molecular formula is C18H33N3. The maximum absolute atomic E-state index is 3.88. The van der Waals surface area contributed by atoms with Gasteiger partial charge in [-0.15, -0.1) is 0 Å². The summed E-state index contributed by atoms with van der Waals surface area (Å²) in [5.74, 6) is 0. The Morgan fingerprint density at radius 3 is 1.38 bits per heavy atom. The summed E-state index contributed by atoms with van der Waals surface area (Å²) in [6.07, 6.45) is 3.94. The first-order chi connectivity index (χ1) is 9.45. The molecule has 5 aliphatic rings. The van der Waals surface area contributed by atoms with E-state index < -0.39 is 0 Å². The third-order valence-electron chi connectivity index (χ3n) is 6.45. The maximum atomic E-state index is 3.88. The molecule has 120 valence electrons. The average molecular weight is 291 g/mol. The predicted molar refractivity (Wildman–Crippen MR) is 87.2 cm³/mol. The molecule has 0 aromatic carbocycles. The molecule has 0 radical (unpaired) electrons. The van der Waals surface area contributed by atoms with Gasteiger partial charge in [-0.05, 0) is 57.8 Å². The molecule has 3 heteroatoms. The van der Waals surface area contributed by atoms with Crippen LogP contribution in [0.1, 0.15) is 60.8 Å². The van der Waals surface area contributed by atoms with E-state index in [1.54, 1.807) is 0 Å². The second-order valence-corrected chi connectivity index (χ2v) is 10.7. The van der Waals surface area contributed by atoms with Crippen molar-refractivity contribution in [3.05, 3.63) is 0 Å². The fourth-order valence-corrected chi connectivity index (χ4v) is 7.03.